The molecular weight excluding hydrogens is 604 g/mol. The van der Waals surface area contributed by atoms with Crippen LogP contribution in [0, 0.1) is 0 Å². The molecule has 0 spiro atoms. The smallest absolute Gasteiger partial charge is 0.320 e. The number of amides is 3. The first-order valence-electron chi connectivity index (χ1n) is 17.2. The Labute approximate surface area is 281 Å². The van der Waals surface area contributed by atoms with Crippen LogP contribution in [0.3, 0.4) is 0 Å². The molecule has 0 aromatic heterocycles. The Hall–Kier alpha value is -2.87. The summed E-state index contributed by atoms with van der Waals surface area (Å²) in [6.07, 6.45) is 5.15. The van der Waals surface area contributed by atoms with Crippen LogP contribution in [0.2, 0.25) is 0 Å². The van der Waals surface area contributed by atoms with Crippen LogP contribution >= 0.6 is 0 Å². The lowest BCUT2D eigenvalue weighted by molar-refractivity contribution is -0.158. The first-order valence-corrected chi connectivity index (χ1v) is 17.2. The maximum absolute atomic E-state index is 13.4. The summed E-state index contributed by atoms with van der Waals surface area (Å²) in [6.45, 7) is 20.4. The minimum Gasteiger partial charge on any atom is -0.459 e. The van der Waals surface area contributed by atoms with E-state index in [2.05, 4.69) is 19.6 Å². The standard InChI is InChI=1S/C34H58N6O7/c1-33(2,3)46-31(44)26-37-18-16-35-14-15-36(17-19-38(21-20-37)27-32(45)47-34(4,5)6)23-25-39(24-22-35)28(41)10-8-7-9-13-40-29(42)11-12-30(40)43/h11-12H,7-10,13-27H2,1-6H3. The molecule has 13 heteroatoms. The minimum atomic E-state index is -0.573. The lowest BCUT2D eigenvalue weighted by Crippen LogP contribution is -2.48. The number of hydrogen-bond donors (Lipinski definition) is 0. The van der Waals surface area contributed by atoms with Crippen LogP contribution in [0.1, 0.15) is 67.2 Å². The fourth-order valence-electron chi connectivity index (χ4n) is 5.87. The number of imide groups is 1. The van der Waals surface area contributed by atoms with E-state index >= 15 is 0 Å². The lowest BCUT2D eigenvalue weighted by Gasteiger charge is -2.33. The zero-order valence-corrected chi connectivity index (χ0v) is 29.6. The summed E-state index contributed by atoms with van der Waals surface area (Å²) in [5.41, 5.74) is -1.15. The summed E-state index contributed by atoms with van der Waals surface area (Å²) in [6, 6.07) is 0. The van der Waals surface area contributed by atoms with Crippen LogP contribution in [0.25, 0.3) is 0 Å². The number of ether oxygens (including phenoxy) is 2. The molecule has 0 aromatic rings. The molecule has 3 heterocycles. The minimum absolute atomic E-state index is 0.115. The Balaban J connectivity index is 1.63. The normalized spacial score (nSPS) is 22.7. The van der Waals surface area contributed by atoms with Crippen molar-refractivity contribution in [3.05, 3.63) is 12.2 Å². The number of carbonyl (C=O) groups is 5. The summed E-state index contributed by atoms with van der Waals surface area (Å²) in [5.74, 6) is -0.970. The zero-order chi connectivity index (χ0) is 34.6. The van der Waals surface area contributed by atoms with Gasteiger partial charge in [-0.2, -0.15) is 0 Å². The number of nitrogens with zero attached hydrogens (tertiary/aromatic N) is 6. The highest BCUT2D eigenvalue weighted by molar-refractivity contribution is 6.12. The number of hydrogen-bond acceptors (Lipinski definition) is 11. The van der Waals surface area contributed by atoms with Gasteiger partial charge in [-0.05, 0) is 54.4 Å². The fourth-order valence-corrected chi connectivity index (χ4v) is 5.87. The molecule has 3 aliphatic rings. The largest absolute Gasteiger partial charge is 0.459 e. The Morgan fingerprint density at radius 3 is 1.45 bits per heavy atom. The first kappa shape index (κ1) is 38.6. The predicted octanol–water partition coefficient (Wildman–Crippen LogP) is 1.22. The van der Waals surface area contributed by atoms with E-state index in [9.17, 15) is 24.0 Å². The third-order valence-electron chi connectivity index (χ3n) is 8.37. The molecule has 2 unspecified atom stereocenters. The van der Waals surface area contributed by atoms with Crippen LogP contribution in [0.4, 0.5) is 0 Å². The van der Waals surface area contributed by atoms with E-state index in [0.29, 0.717) is 65.1 Å². The summed E-state index contributed by atoms with van der Waals surface area (Å²) in [5, 5.41) is 0. The van der Waals surface area contributed by atoms with Gasteiger partial charge < -0.3 is 14.4 Å². The van der Waals surface area contributed by atoms with Crippen molar-refractivity contribution >= 4 is 29.7 Å². The molecule has 2 atom stereocenters. The first-order chi connectivity index (χ1) is 22.1. The average Bonchev–Trinajstić information content (AvgIpc) is 3.31. The van der Waals surface area contributed by atoms with Crippen molar-refractivity contribution in [1.29, 1.82) is 0 Å². The van der Waals surface area contributed by atoms with Crippen molar-refractivity contribution in [2.24, 2.45) is 0 Å². The molecule has 2 fully saturated rings. The number of carbonyl (C=O) groups excluding carboxylic acids is 5. The highest BCUT2D eigenvalue weighted by atomic mass is 16.6. The van der Waals surface area contributed by atoms with Crippen LogP contribution in [-0.2, 0) is 33.4 Å². The Morgan fingerprint density at radius 1 is 0.596 bits per heavy atom. The SMILES string of the molecule is CC(C)(C)OC(=O)CN1CCN2CCN(CCN(CC(=O)OC(C)(C)C)CC1)CCN(C(=O)CCCCCN1C(=O)C=CC1=O)CC2. The second kappa shape index (κ2) is 18.0. The van der Waals surface area contributed by atoms with Gasteiger partial charge in [-0.15, -0.1) is 0 Å². The lowest BCUT2D eigenvalue weighted by atomic mass is 10.1. The van der Waals surface area contributed by atoms with E-state index in [1.54, 1.807) is 0 Å². The zero-order valence-electron chi connectivity index (χ0n) is 29.6. The van der Waals surface area contributed by atoms with E-state index in [0.717, 1.165) is 45.7 Å². The number of fused-ring (bicyclic) bond motifs is 3. The van der Waals surface area contributed by atoms with E-state index in [1.165, 1.54) is 17.1 Å². The van der Waals surface area contributed by atoms with Crippen molar-refractivity contribution in [2.45, 2.75) is 78.4 Å². The second-order valence-electron chi connectivity index (χ2n) is 14.8. The molecule has 0 aliphatic carbocycles. The highest BCUT2D eigenvalue weighted by Gasteiger charge is 2.26. The molecule has 266 valence electrons. The van der Waals surface area contributed by atoms with Crippen molar-refractivity contribution in [2.75, 3.05) is 98.2 Å². The molecular formula is C34H58N6O7. The van der Waals surface area contributed by atoms with Crippen molar-refractivity contribution in [1.82, 2.24) is 29.4 Å². The maximum Gasteiger partial charge on any atom is 0.320 e. The summed E-state index contributed by atoms with van der Waals surface area (Å²) in [7, 11) is 0. The third-order valence-corrected chi connectivity index (χ3v) is 8.37. The van der Waals surface area contributed by atoms with Crippen molar-refractivity contribution in [3.8, 4) is 0 Å². The molecule has 3 amide bonds. The quantitative estimate of drug-likeness (QED) is 0.191. The van der Waals surface area contributed by atoms with E-state index in [4.69, 9.17) is 9.47 Å². The summed E-state index contributed by atoms with van der Waals surface area (Å²) >= 11 is 0. The van der Waals surface area contributed by atoms with Gasteiger partial charge in [0.1, 0.15) is 11.2 Å². The molecule has 3 rings (SSSR count). The van der Waals surface area contributed by atoms with Crippen LogP contribution < -0.4 is 0 Å². The summed E-state index contributed by atoms with van der Waals surface area (Å²) < 4.78 is 11.3. The molecule has 13 nitrogen and oxygen atoms in total. The molecule has 0 saturated carbocycles. The second-order valence-corrected chi connectivity index (χ2v) is 14.8. The number of esters is 2. The molecule has 2 bridgehead atoms. The predicted molar refractivity (Wildman–Crippen MR) is 178 cm³/mol. The topological polar surface area (TPSA) is 123 Å². The van der Waals surface area contributed by atoms with E-state index in [1.807, 2.05) is 46.4 Å². The average molecular weight is 663 g/mol. The van der Waals surface area contributed by atoms with Gasteiger partial charge in [0.2, 0.25) is 5.91 Å². The Kier molecular flexibility index (Phi) is 14.8. The number of rotatable bonds is 10. The van der Waals surface area contributed by atoms with Crippen LogP contribution in [0.15, 0.2) is 12.2 Å². The Morgan fingerprint density at radius 2 is 1.00 bits per heavy atom. The molecule has 0 N–H and O–H groups in total. The van der Waals surface area contributed by atoms with Crippen molar-refractivity contribution in [3.63, 3.8) is 0 Å². The van der Waals surface area contributed by atoms with Gasteiger partial charge in [0, 0.05) is 104 Å². The van der Waals surface area contributed by atoms with Gasteiger partial charge in [-0.3, -0.25) is 48.5 Å². The number of unbranched alkanes of at least 4 members (excludes halogenated alkanes) is 2. The Bertz CT molecular complexity index is 1040. The third kappa shape index (κ3) is 14.8. The van der Waals surface area contributed by atoms with Gasteiger partial charge in [-0.25, -0.2) is 0 Å². The van der Waals surface area contributed by atoms with Gasteiger partial charge >= 0.3 is 11.9 Å². The van der Waals surface area contributed by atoms with Crippen molar-refractivity contribution < 1.29 is 33.4 Å². The highest BCUT2D eigenvalue weighted by Crippen LogP contribution is 2.12. The van der Waals surface area contributed by atoms with Gasteiger partial charge in [-0.1, -0.05) is 6.42 Å². The monoisotopic (exact) mass is 662 g/mol. The van der Waals surface area contributed by atoms with E-state index in [-0.39, 0.29) is 42.7 Å². The van der Waals surface area contributed by atoms with Gasteiger partial charge in [0.15, 0.2) is 0 Å². The maximum atomic E-state index is 13.4. The van der Waals surface area contributed by atoms with Gasteiger partial charge in [0.25, 0.3) is 11.8 Å². The molecule has 0 aromatic carbocycles. The van der Waals surface area contributed by atoms with E-state index < -0.39 is 11.2 Å². The summed E-state index contributed by atoms with van der Waals surface area (Å²) in [4.78, 5) is 74.7. The van der Waals surface area contributed by atoms with Crippen LogP contribution in [-0.4, -0.2) is 168 Å². The fraction of sp³-hybridized carbons (Fsp3) is 0.794. The molecule has 3 aliphatic heterocycles. The molecule has 0 radical (unpaired) electrons. The molecule has 47 heavy (non-hydrogen) atoms. The van der Waals surface area contributed by atoms with Crippen LogP contribution in [0.5, 0.6) is 0 Å². The molecule has 2 saturated heterocycles. The van der Waals surface area contributed by atoms with Gasteiger partial charge in [0.05, 0.1) is 13.1 Å².